The van der Waals surface area contributed by atoms with E-state index >= 15 is 0 Å². The maximum atomic E-state index is 6.11. The van der Waals surface area contributed by atoms with Crippen LogP contribution in [0.2, 0.25) is 0 Å². The van der Waals surface area contributed by atoms with Crippen molar-refractivity contribution in [1.29, 1.82) is 0 Å². The van der Waals surface area contributed by atoms with Crippen LogP contribution in [0.5, 0.6) is 5.75 Å². The lowest BCUT2D eigenvalue weighted by Crippen LogP contribution is -2.37. The van der Waals surface area contributed by atoms with E-state index in [0.717, 1.165) is 45.9 Å². The number of hydrogen-bond donors (Lipinski definition) is 1. The van der Waals surface area contributed by atoms with Crippen LogP contribution in [0.4, 0.5) is 11.6 Å². The summed E-state index contributed by atoms with van der Waals surface area (Å²) in [6, 6.07) is 3.98. The molecule has 0 amide bonds. The van der Waals surface area contributed by atoms with E-state index in [4.69, 9.17) is 20.4 Å². The Kier molecular flexibility index (Phi) is 4.58. The van der Waals surface area contributed by atoms with Gasteiger partial charge in [0.25, 0.3) is 0 Å². The maximum absolute atomic E-state index is 6.11. The van der Waals surface area contributed by atoms with E-state index in [-0.39, 0.29) is 6.10 Å². The molecule has 2 N–H and O–H groups in total. The fourth-order valence-electron chi connectivity index (χ4n) is 3.32. The van der Waals surface area contributed by atoms with Crippen LogP contribution < -0.4 is 15.4 Å². The minimum Gasteiger partial charge on any atom is -0.480 e. The Bertz CT molecular complexity index is 1040. The van der Waals surface area contributed by atoms with Gasteiger partial charge in [0.15, 0.2) is 11.6 Å². The number of aromatic nitrogens is 4. The van der Waals surface area contributed by atoms with Gasteiger partial charge in [-0.2, -0.15) is 0 Å². The van der Waals surface area contributed by atoms with Crippen molar-refractivity contribution in [3.05, 3.63) is 40.2 Å². The van der Waals surface area contributed by atoms with Crippen molar-refractivity contribution in [1.82, 2.24) is 19.9 Å². The van der Waals surface area contributed by atoms with Crippen LogP contribution in [0.25, 0.3) is 11.3 Å². The SMILES string of the molecule is Cc1cnc(C(C)Oc2cc(-c3cc(N4CCC4)nc(C4CC4)n3)cnc2N)s1. The molecule has 0 spiro atoms. The number of rotatable bonds is 6. The van der Waals surface area contributed by atoms with Gasteiger partial charge in [0.05, 0.1) is 5.69 Å². The summed E-state index contributed by atoms with van der Waals surface area (Å²) in [6.07, 6.45) is 6.98. The summed E-state index contributed by atoms with van der Waals surface area (Å²) in [5.41, 5.74) is 7.87. The third kappa shape index (κ3) is 3.76. The van der Waals surface area contributed by atoms with E-state index in [1.807, 2.05) is 26.1 Å². The Morgan fingerprint density at radius 1 is 1.17 bits per heavy atom. The number of pyridine rings is 1. The van der Waals surface area contributed by atoms with Crippen molar-refractivity contribution in [3.63, 3.8) is 0 Å². The molecule has 0 bridgehead atoms. The van der Waals surface area contributed by atoms with Gasteiger partial charge >= 0.3 is 0 Å². The molecule has 150 valence electrons. The maximum Gasteiger partial charge on any atom is 0.166 e. The number of nitrogens with zero attached hydrogens (tertiary/aromatic N) is 5. The number of nitrogen functional groups attached to an aromatic ring is 1. The second kappa shape index (κ2) is 7.26. The van der Waals surface area contributed by atoms with Crippen LogP contribution in [0.3, 0.4) is 0 Å². The van der Waals surface area contributed by atoms with Gasteiger partial charge in [-0.15, -0.1) is 11.3 Å². The first-order chi connectivity index (χ1) is 14.1. The van der Waals surface area contributed by atoms with E-state index in [9.17, 15) is 0 Å². The zero-order valence-corrected chi connectivity index (χ0v) is 17.4. The number of ether oxygens (including phenoxy) is 1. The summed E-state index contributed by atoms with van der Waals surface area (Å²) in [4.78, 5) is 21.9. The van der Waals surface area contributed by atoms with Crippen molar-refractivity contribution in [3.8, 4) is 17.0 Å². The molecule has 0 aromatic carbocycles. The highest BCUT2D eigenvalue weighted by Gasteiger charge is 2.29. The van der Waals surface area contributed by atoms with Crippen LogP contribution in [-0.4, -0.2) is 33.0 Å². The minimum absolute atomic E-state index is 0.197. The predicted molar refractivity (Wildman–Crippen MR) is 114 cm³/mol. The summed E-state index contributed by atoms with van der Waals surface area (Å²) < 4.78 is 6.11. The second-order valence-corrected chi connectivity index (χ2v) is 9.03. The molecular weight excluding hydrogens is 384 g/mol. The predicted octanol–water partition coefficient (Wildman–Crippen LogP) is 4.11. The van der Waals surface area contributed by atoms with Gasteiger partial charge in [-0.25, -0.2) is 19.9 Å². The van der Waals surface area contributed by atoms with E-state index in [2.05, 4.69) is 20.9 Å². The number of thiazole rings is 1. The lowest BCUT2D eigenvalue weighted by atomic mass is 10.1. The van der Waals surface area contributed by atoms with Gasteiger partial charge in [0.1, 0.15) is 22.8 Å². The Hall–Kier alpha value is -2.74. The summed E-state index contributed by atoms with van der Waals surface area (Å²) in [6.45, 7) is 6.12. The molecule has 3 aromatic rings. The molecule has 1 atom stereocenters. The Morgan fingerprint density at radius 3 is 2.66 bits per heavy atom. The van der Waals surface area contributed by atoms with E-state index in [1.54, 1.807) is 17.5 Å². The smallest absolute Gasteiger partial charge is 0.166 e. The third-order valence-corrected chi connectivity index (χ3v) is 6.39. The van der Waals surface area contributed by atoms with Gasteiger partial charge in [-0.3, -0.25) is 0 Å². The molecule has 1 aliphatic carbocycles. The van der Waals surface area contributed by atoms with E-state index in [1.165, 1.54) is 19.3 Å². The Balaban J connectivity index is 1.46. The van der Waals surface area contributed by atoms with Crippen molar-refractivity contribution in [2.24, 2.45) is 0 Å². The van der Waals surface area contributed by atoms with Gasteiger partial charge in [0.2, 0.25) is 0 Å². The summed E-state index contributed by atoms with van der Waals surface area (Å²) >= 11 is 1.62. The van der Waals surface area contributed by atoms with Crippen LogP contribution in [0.1, 0.15) is 53.9 Å². The van der Waals surface area contributed by atoms with E-state index < -0.39 is 0 Å². The largest absolute Gasteiger partial charge is 0.480 e. The quantitative estimate of drug-likeness (QED) is 0.656. The highest BCUT2D eigenvalue weighted by Crippen LogP contribution is 2.40. The molecule has 29 heavy (non-hydrogen) atoms. The van der Waals surface area contributed by atoms with Crippen LogP contribution >= 0.6 is 11.3 Å². The highest BCUT2D eigenvalue weighted by atomic mass is 32.1. The third-order valence-electron chi connectivity index (χ3n) is 5.32. The summed E-state index contributed by atoms with van der Waals surface area (Å²) in [5, 5.41) is 0.922. The van der Waals surface area contributed by atoms with Crippen molar-refractivity contribution >= 4 is 23.0 Å². The Morgan fingerprint density at radius 2 is 2.00 bits per heavy atom. The fraction of sp³-hybridized carbons (Fsp3) is 0.429. The second-order valence-electron chi connectivity index (χ2n) is 7.76. The normalized spacial score (nSPS) is 17.1. The minimum atomic E-state index is -0.197. The van der Waals surface area contributed by atoms with Gasteiger partial charge in [-0.1, -0.05) is 0 Å². The average Bonchev–Trinajstić information content (AvgIpc) is 3.43. The molecular formula is C21H24N6OS. The molecule has 3 aromatic heterocycles. The van der Waals surface area contributed by atoms with Crippen LogP contribution in [0, 0.1) is 6.92 Å². The van der Waals surface area contributed by atoms with Crippen molar-refractivity contribution in [2.45, 2.75) is 45.1 Å². The molecule has 4 heterocycles. The number of nitrogens with two attached hydrogens (primary N) is 1. The molecule has 8 heteroatoms. The van der Waals surface area contributed by atoms with Crippen molar-refractivity contribution in [2.75, 3.05) is 23.7 Å². The average molecular weight is 409 g/mol. The summed E-state index contributed by atoms with van der Waals surface area (Å²) in [5.74, 6) is 3.36. The molecule has 1 saturated carbocycles. The lowest BCUT2D eigenvalue weighted by Gasteiger charge is -2.32. The molecule has 0 radical (unpaired) electrons. The fourth-order valence-corrected chi connectivity index (χ4v) is 4.08. The van der Waals surface area contributed by atoms with E-state index in [0.29, 0.717) is 17.5 Å². The first-order valence-electron chi connectivity index (χ1n) is 10.1. The van der Waals surface area contributed by atoms with Crippen molar-refractivity contribution < 1.29 is 4.74 Å². The standard InChI is InChI=1S/C21H24N6OS/c1-12-10-24-21(29-12)13(2)28-17-8-15(11-23-19(17)22)16-9-18(27-6-3-7-27)26-20(25-16)14-4-5-14/h8-11,13-14H,3-7H2,1-2H3,(H2,22,23). The molecule has 2 aliphatic rings. The molecule has 1 saturated heterocycles. The zero-order chi connectivity index (χ0) is 20.0. The lowest BCUT2D eigenvalue weighted by molar-refractivity contribution is 0.227. The van der Waals surface area contributed by atoms with Crippen LogP contribution in [0.15, 0.2) is 24.5 Å². The highest BCUT2D eigenvalue weighted by molar-refractivity contribution is 7.11. The molecule has 1 unspecified atom stereocenters. The Labute approximate surface area is 174 Å². The number of aryl methyl sites for hydroxylation is 1. The first kappa shape index (κ1) is 18.3. The summed E-state index contributed by atoms with van der Waals surface area (Å²) in [7, 11) is 0. The molecule has 5 rings (SSSR count). The molecule has 7 nitrogen and oxygen atoms in total. The molecule has 1 aliphatic heterocycles. The number of hydrogen-bond acceptors (Lipinski definition) is 8. The van der Waals surface area contributed by atoms with Crippen LogP contribution in [-0.2, 0) is 0 Å². The number of anilines is 2. The van der Waals surface area contributed by atoms with Gasteiger partial charge in [-0.05, 0) is 39.2 Å². The van der Waals surface area contributed by atoms with Gasteiger partial charge in [0, 0.05) is 47.9 Å². The topological polar surface area (TPSA) is 90.0 Å². The first-order valence-corrected chi connectivity index (χ1v) is 10.9. The zero-order valence-electron chi connectivity index (χ0n) is 16.6. The molecule has 2 fully saturated rings. The van der Waals surface area contributed by atoms with Gasteiger partial charge < -0.3 is 15.4 Å². The monoisotopic (exact) mass is 408 g/mol.